The molecular formula is C42H48N8O6. The van der Waals surface area contributed by atoms with Gasteiger partial charge in [-0.15, -0.1) is 0 Å². The molecule has 4 aromatic rings. The van der Waals surface area contributed by atoms with Crippen molar-refractivity contribution in [3.05, 3.63) is 83.0 Å². The van der Waals surface area contributed by atoms with E-state index in [2.05, 4.69) is 48.9 Å². The summed E-state index contributed by atoms with van der Waals surface area (Å²) in [6.45, 7) is 8.58. The number of carbonyl (C=O) groups excluding carboxylic acids is 3. The minimum atomic E-state index is -1.14. The molecular weight excluding hydrogens is 713 g/mol. The van der Waals surface area contributed by atoms with Gasteiger partial charge in [0.1, 0.15) is 35.1 Å². The number of fused-ring (bicyclic) bond motifs is 1. The third-order valence-corrected chi connectivity index (χ3v) is 10.4. The number of likely N-dealkylation sites (tertiary alicyclic amines) is 2. The maximum Gasteiger partial charge on any atom is 0.407 e. The first-order valence-corrected chi connectivity index (χ1v) is 18.9. The van der Waals surface area contributed by atoms with E-state index in [4.69, 9.17) is 4.74 Å². The minimum absolute atomic E-state index is 0.117. The van der Waals surface area contributed by atoms with E-state index in [1.165, 1.54) is 14.2 Å². The van der Waals surface area contributed by atoms with E-state index in [0.717, 1.165) is 52.5 Å². The van der Waals surface area contributed by atoms with Gasteiger partial charge in [-0.2, -0.15) is 0 Å². The van der Waals surface area contributed by atoms with Crippen LogP contribution in [0.1, 0.15) is 99.6 Å². The molecule has 2 aliphatic heterocycles. The van der Waals surface area contributed by atoms with Crippen LogP contribution >= 0.6 is 0 Å². The number of hydrogen-bond acceptors (Lipinski definition) is 7. The number of nitrogens with zero attached hydrogens (tertiary/aromatic N) is 5. The average molecular weight is 761 g/mol. The molecule has 292 valence electrons. The third kappa shape index (κ3) is 8.65. The maximum absolute atomic E-state index is 13.5. The lowest BCUT2D eigenvalue weighted by molar-refractivity contribution is -0.138. The molecule has 4 amide bonds. The number of nitrogens with one attached hydrogen (secondary N) is 3. The first-order chi connectivity index (χ1) is 26.8. The molecule has 56 heavy (non-hydrogen) atoms. The fourth-order valence-electron chi connectivity index (χ4n) is 7.51. The summed E-state index contributed by atoms with van der Waals surface area (Å²) in [5.74, 6) is 13.4. The second-order valence-electron chi connectivity index (χ2n) is 15.0. The van der Waals surface area contributed by atoms with Gasteiger partial charge in [0.15, 0.2) is 0 Å². The molecule has 6 rings (SSSR count). The minimum Gasteiger partial charge on any atom is -0.465 e. The van der Waals surface area contributed by atoms with Gasteiger partial charge in [-0.1, -0.05) is 51.7 Å². The monoisotopic (exact) mass is 760 g/mol. The summed E-state index contributed by atoms with van der Waals surface area (Å²) < 4.78 is 4.73. The predicted molar refractivity (Wildman–Crippen MR) is 209 cm³/mol. The van der Waals surface area contributed by atoms with Crippen molar-refractivity contribution in [1.82, 2.24) is 40.0 Å². The van der Waals surface area contributed by atoms with Crippen LogP contribution in [0.25, 0.3) is 10.8 Å². The van der Waals surface area contributed by atoms with Crippen LogP contribution in [0, 0.1) is 35.5 Å². The van der Waals surface area contributed by atoms with Crippen molar-refractivity contribution in [2.24, 2.45) is 11.8 Å². The van der Waals surface area contributed by atoms with E-state index >= 15 is 0 Å². The molecule has 14 nitrogen and oxygen atoms in total. The summed E-state index contributed by atoms with van der Waals surface area (Å²) in [5.41, 5.74) is 2.92. The Morgan fingerprint density at radius 2 is 1.30 bits per heavy atom. The van der Waals surface area contributed by atoms with Gasteiger partial charge >= 0.3 is 12.2 Å². The Balaban J connectivity index is 1.11. The lowest BCUT2D eigenvalue weighted by Gasteiger charge is -2.33. The van der Waals surface area contributed by atoms with Gasteiger partial charge in [-0.05, 0) is 84.4 Å². The molecule has 2 aromatic heterocycles. The summed E-state index contributed by atoms with van der Waals surface area (Å²) in [5, 5.41) is 14.2. The number of amides is 4. The molecule has 4 atom stereocenters. The Kier molecular flexibility index (Phi) is 12.0. The summed E-state index contributed by atoms with van der Waals surface area (Å²) >= 11 is 0. The van der Waals surface area contributed by atoms with Gasteiger partial charge < -0.3 is 34.9 Å². The summed E-state index contributed by atoms with van der Waals surface area (Å²) in [6.07, 6.45) is 4.68. The van der Waals surface area contributed by atoms with Crippen LogP contribution in [0.3, 0.4) is 0 Å². The van der Waals surface area contributed by atoms with Crippen molar-refractivity contribution < 1.29 is 29.0 Å². The third-order valence-electron chi connectivity index (χ3n) is 10.4. The molecule has 0 radical (unpaired) electrons. The molecule has 2 aliphatic rings. The number of carboxylic acid groups (broad SMARTS) is 1. The highest BCUT2D eigenvalue weighted by Crippen LogP contribution is 2.33. The number of aromatic amines is 2. The second kappa shape index (κ2) is 17.0. The van der Waals surface area contributed by atoms with E-state index in [-0.39, 0.29) is 35.7 Å². The Hall–Kier alpha value is -6.28. The zero-order valence-corrected chi connectivity index (χ0v) is 32.6. The van der Waals surface area contributed by atoms with Gasteiger partial charge in [0, 0.05) is 31.3 Å². The maximum atomic E-state index is 13.5. The van der Waals surface area contributed by atoms with Crippen molar-refractivity contribution >= 4 is 34.8 Å². The van der Waals surface area contributed by atoms with E-state index in [1.807, 2.05) is 64.1 Å². The number of methoxy groups -OCH3 is 1. The Bertz CT molecular complexity index is 2240. The van der Waals surface area contributed by atoms with Crippen LogP contribution < -0.4 is 5.32 Å². The highest BCUT2D eigenvalue weighted by molar-refractivity contribution is 5.87. The van der Waals surface area contributed by atoms with Crippen molar-refractivity contribution in [3.8, 4) is 23.7 Å². The molecule has 0 saturated carbocycles. The van der Waals surface area contributed by atoms with Crippen LogP contribution in [-0.4, -0.2) is 103 Å². The molecule has 4 heterocycles. The number of likely N-dealkylation sites (N-methyl/N-ethyl adjacent to an activating group) is 1. The number of hydrogen-bond donors (Lipinski definition) is 4. The van der Waals surface area contributed by atoms with Gasteiger partial charge in [0.05, 0.1) is 31.6 Å². The highest BCUT2D eigenvalue weighted by Gasteiger charge is 2.40. The normalized spacial score (nSPS) is 17.6. The van der Waals surface area contributed by atoms with Crippen LogP contribution in [0.15, 0.2) is 48.8 Å². The average Bonchev–Trinajstić information content (AvgIpc) is 4.01. The van der Waals surface area contributed by atoms with Crippen molar-refractivity contribution in [1.29, 1.82) is 0 Å². The van der Waals surface area contributed by atoms with Gasteiger partial charge in [0.25, 0.3) is 0 Å². The summed E-state index contributed by atoms with van der Waals surface area (Å²) in [6, 6.07) is 9.95. The van der Waals surface area contributed by atoms with E-state index in [1.54, 1.807) is 22.2 Å². The lowest BCUT2D eigenvalue weighted by atomic mass is 10.0. The fraction of sp³-hybridized carbons (Fsp3) is 0.429. The molecule has 4 N–H and O–H groups in total. The number of alkyl carbamates (subject to hydrolysis) is 1. The number of ether oxygens (including phenoxy) is 1. The smallest absolute Gasteiger partial charge is 0.407 e. The second-order valence-corrected chi connectivity index (χ2v) is 15.0. The van der Waals surface area contributed by atoms with Crippen LogP contribution in [0.4, 0.5) is 9.59 Å². The number of aromatic nitrogens is 4. The standard InChI is InChI=1S/C42H48N8O6/c1-25(2)35(47-41(53)56-6)39(51)49-19-7-9-33(49)37-43-23-31(45-37)17-13-27-11-15-30-22-28(12-16-29(30)21-27)14-18-32-24-44-38(46-32)34-10-8-20-50(34)40(52)36(26(3)4)48(5)42(54)55/h11-12,15-16,21-26,33-36H,7-10,19-20H2,1-6H3,(H,43,45)(H,44,46)(H,47,53)(H,54,55)/t33?,34-,35-,36-/m0/s1. The lowest BCUT2D eigenvalue weighted by Crippen LogP contribution is -2.51. The van der Waals surface area contributed by atoms with Crippen molar-refractivity contribution in [3.63, 3.8) is 0 Å². The SMILES string of the molecule is COC(=O)N[C@H](C(=O)N1CCCC1c1ncc(C#Cc2ccc3cc(C#Cc4cnc([C@@H]5CCCN5C(=O)[C@H](C(C)C)N(C)C(=O)O)[nH]4)ccc3c2)[nH]1)C(C)C. The summed E-state index contributed by atoms with van der Waals surface area (Å²) in [4.78, 5) is 70.8. The molecule has 0 bridgehead atoms. The molecule has 14 heteroatoms. The Morgan fingerprint density at radius 1 is 0.804 bits per heavy atom. The van der Waals surface area contributed by atoms with Gasteiger partial charge in [-0.25, -0.2) is 19.6 Å². The van der Waals surface area contributed by atoms with Gasteiger partial charge in [-0.3, -0.25) is 14.5 Å². The number of H-pyrrole nitrogens is 2. The quantitative estimate of drug-likeness (QED) is 0.172. The largest absolute Gasteiger partial charge is 0.465 e. The number of imidazole rings is 2. The fourth-order valence-corrected chi connectivity index (χ4v) is 7.51. The molecule has 2 fully saturated rings. The molecule has 2 aromatic carbocycles. The first kappa shape index (κ1) is 39.4. The molecule has 1 unspecified atom stereocenters. The summed E-state index contributed by atoms with van der Waals surface area (Å²) in [7, 11) is 2.71. The number of rotatable bonds is 8. The Morgan fingerprint density at radius 3 is 1.75 bits per heavy atom. The van der Waals surface area contributed by atoms with Crippen LogP contribution in [0.5, 0.6) is 0 Å². The van der Waals surface area contributed by atoms with Crippen LogP contribution in [-0.2, 0) is 14.3 Å². The predicted octanol–water partition coefficient (Wildman–Crippen LogP) is 5.43. The molecule has 0 aliphatic carbocycles. The highest BCUT2D eigenvalue weighted by atomic mass is 16.5. The van der Waals surface area contributed by atoms with Gasteiger partial charge in [0.2, 0.25) is 11.8 Å². The zero-order valence-electron chi connectivity index (χ0n) is 32.6. The van der Waals surface area contributed by atoms with E-state index in [9.17, 15) is 24.3 Å². The topological polar surface area (TPSA) is 177 Å². The number of carbonyl (C=O) groups is 4. The van der Waals surface area contributed by atoms with E-state index in [0.29, 0.717) is 36.1 Å². The molecule has 2 saturated heterocycles. The number of benzene rings is 2. The Labute approximate surface area is 326 Å². The van der Waals surface area contributed by atoms with E-state index < -0.39 is 24.3 Å². The van der Waals surface area contributed by atoms with Crippen molar-refractivity contribution in [2.75, 3.05) is 27.2 Å². The van der Waals surface area contributed by atoms with Crippen LogP contribution in [0.2, 0.25) is 0 Å². The van der Waals surface area contributed by atoms with Crippen molar-refractivity contribution in [2.45, 2.75) is 77.5 Å². The first-order valence-electron chi connectivity index (χ1n) is 18.9. The zero-order chi connectivity index (χ0) is 40.1. The molecule has 0 spiro atoms.